The lowest BCUT2D eigenvalue weighted by molar-refractivity contribution is 0.648. The van der Waals surface area contributed by atoms with Crippen LogP contribution >= 0.6 is 0 Å². The normalized spacial score (nSPS) is 13.4. The first kappa shape index (κ1) is 28.0. The van der Waals surface area contributed by atoms with E-state index in [1.807, 2.05) is 0 Å². The van der Waals surface area contributed by atoms with Crippen molar-refractivity contribution in [1.82, 2.24) is 0 Å². The molecule has 0 radical (unpaired) electrons. The van der Waals surface area contributed by atoms with Crippen LogP contribution in [0.3, 0.4) is 0 Å². The highest BCUT2D eigenvalue weighted by molar-refractivity contribution is 6.92. The molecule has 0 aromatic carbocycles. The van der Waals surface area contributed by atoms with Crippen LogP contribution in [0.4, 0.5) is 0 Å². The third-order valence-electron chi connectivity index (χ3n) is 5.39. The summed E-state index contributed by atoms with van der Waals surface area (Å²) >= 11 is 0. The van der Waals surface area contributed by atoms with Crippen molar-refractivity contribution in [1.29, 1.82) is 0 Å². The van der Waals surface area contributed by atoms with E-state index in [1.165, 1.54) is 36.3 Å². The van der Waals surface area contributed by atoms with Crippen LogP contribution in [0.1, 0.15) is 83.1 Å². The first-order valence-electron chi connectivity index (χ1n) is 12.2. The molecule has 0 heterocycles. The van der Waals surface area contributed by atoms with Crippen molar-refractivity contribution in [3.05, 3.63) is 0 Å². The first-order chi connectivity index (χ1) is 12.7. The van der Waals surface area contributed by atoms with Crippen molar-refractivity contribution in [2.24, 2.45) is 35.5 Å². The van der Waals surface area contributed by atoms with Gasteiger partial charge in [0.2, 0.25) is 0 Å². The summed E-state index contributed by atoms with van der Waals surface area (Å²) in [5.74, 6) is 4.64. The van der Waals surface area contributed by atoms with E-state index in [9.17, 15) is 0 Å². The van der Waals surface area contributed by atoms with E-state index in [0.717, 1.165) is 35.5 Å². The molecule has 0 saturated heterocycles. The fourth-order valence-corrected chi connectivity index (χ4v) is 18.9. The zero-order valence-corrected chi connectivity index (χ0v) is 23.7. The molecule has 28 heavy (non-hydrogen) atoms. The van der Waals surface area contributed by atoms with Gasteiger partial charge in [-0.05, 0) is 71.8 Å². The summed E-state index contributed by atoms with van der Waals surface area (Å²) in [6, 6.07) is 8.37. The maximum atomic E-state index is 4.23. The highest BCUT2D eigenvalue weighted by Gasteiger charge is 2.37. The lowest BCUT2D eigenvalue weighted by Gasteiger charge is -2.35. The van der Waals surface area contributed by atoms with Gasteiger partial charge in [-0.1, -0.05) is 83.1 Å². The van der Waals surface area contributed by atoms with Crippen LogP contribution in [-0.4, -0.2) is 16.1 Å². The smallest absolute Gasteiger partial charge is 0.138 e. The molecule has 0 rings (SSSR count). The Labute approximate surface area is 182 Å². The lowest BCUT2D eigenvalue weighted by Crippen LogP contribution is -2.41. The Morgan fingerprint density at radius 3 is 0.607 bits per heavy atom. The Morgan fingerprint density at radius 2 is 0.500 bits per heavy atom. The van der Waals surface area contributed by atoms with Gasteiger partial charge in [0.1, 0.15) is 16.1 Å². The molecule has 0 nitrogen and oxygen atoms in total. The van der Waals surface area contributed by atoms with Gasteiger partial charge in [0.15, 0.2) is 0 Å². The molecule has 166 valence electrons. The van der Waals surface area contributed by atoms with E-state index in [2.05, 4.69) is 94.2 Å². The molecule has 0 aromatic heterocycles. The van der Waals surface area contributed by atoms with Crippen LogP contribution in [0.15, 0.2) is 0 Å². The molecular weight excluding hydrogens is 368 g/mol. The van der Waals surface area contributed by atoms with Gasteiger partial charge in [-0.15, -0.1) is 11.1 Å². The zero-order valence-electron chi connectivity index (χ0n) is 21.7. The minimum atomic E-state index is -1.57. The van der Waals surface area contributed by atoms with Crippen LogP contribution in [0.25, 0.3) is 0 Å². The van der Waals surface area contributed by atoms with Crippen molar-refractivity contribution in [3.8, 4) is 11.1 Å². The Kier molecular flexibility index (Phi) is 12.6. The molecule has 0 N–H and O–H groups in total. The van der Waals surface area contributed by atoms with Crippen molar-refractivity contribution in [2.45, 2.75) is 119 Å². The minimum Gasteiger partial charge on any atom is -0.138 e. The first-order valence-corrected chi connectivity index (χ1v) is 17.5. The molecule has 0 bridgehead atoms. The average Bonchev–Trinajstić information content (AvgIpc) is 2.40. The predicted octanol–water partition coefficient (Wildman–Crippen LogP) is 8.90. The Bertz CT molecular complexity index is 379. The molecule has 0 aliphatic heterocycles. The SMILES string of the molecule is CC(C)C[Si](C#C[Si](CC(C)C)(CC(C)C)CC(C)C)(CC(C)C)CC(C)C. The summed E-state index contributed by atoms with van der Waals surface area (Å²) in [7, 11) is -3.15. The molecule has 2 heteroatoms. The second-order valence-electron chi connectivity index (χ2n) is 12.4. The summed E-state index contributed by atoms with van der Waals surface area (Å²) < 4.78 is 0. The van der Waals surface area contributed by atoms with E-state index in [0.29, 0.717) is 0 Å². The van der Waals surface area contributed by atoms with E-state index in [1.54, 1.807) is 0 Å². The number of hydrogen-bond donors (Lipinski definition) is 0. The van der Waals surface area contributed by atoms with Crippen LogP contribution in [0.2, 0.25) is 36.3 Å². The quantitative estimate of drug-likeness (QED) is 0.217. The summed E-state index contributed by atoms with van der Waals surface area (Å²) in [5, 5.41) is 0. The fourth-order valence-electron chi connectivity index (χ4n) is 5.76. The van der Waals surface area contributed by atoms with Gasteiger partial charge in [-0.3, -0.25) is 0 Å². The van der Waals surface area contributed by atoms with Crippen molar-refractivity contribution < 1.29 is 0 Å². The zero-order chi connectivity index (χ0) is 22.1. The third-order valence-corrected chi connectivity index (χ3v) is 16.5. The standard InChI is InChI=1S/C26H54Si2/c1-21(2)15-27(16-22(3)4,17-23(5)6)13-14-28(18-24(7)8,19-25(9)10)20-26(11)12/h21-26H,15-20H2,1-12H3. The maximum absolute atomic E-state index is 4.23. The molecule has 0 fully saturated rings. The predicted molar refractivity (Wildman–Crippen MR) is 137 cm³/mol. The highest BCUT2D eigenvalue weighted by atomic mass is 28.3. The molecule has 0 amide bonds. The highest BCUT2D eigenvalue weighted by Crippen LogP contribution is 2.35. The largest absolute Gasteiger partial charge is 0.138 e. The minimum absolute atomic E-state index is 0.773. The van der Waals surface area contributed by atoms with Gasteiger partial charge in [-0.2, -0.15) is 0 Å². The Balaban J connectivity index is 6.31. The Morgan fingerprint density at radius 1 is 0.357 bits per heavy atom. The second kappa shape index (κ2) is 12.6. The van der Waals surface area contributed by atoms with Gasteiger partial charge >= 0.3 is 0 Å². The van der Waals surface area contributed by atoms with Crippen LogP contribution < -0.4 is 0 Å². The van der Waals surface area contributed by atoms with E-state index in [-0.39, 0.29) is 0 Å². The molecule has 0 aliphatic carbocycles. The number of rotatable bonds is 12. The van der Waals surface area contributed by atoms with Crippen LogP contribution in [0.5, 0.6) is 0 Å². The summed E-state index contributed by atoms with van der Waals surface area (Å²) in [5.41, 5.74) is 8.47. The van der Waals surface area contributed by atoms with Gasteiger partial charge in [0, 0.05) is 0 Å². The Hall–Kier alpha value is -0.00623. The summed E-state index contributed by atoms with van der Waals surface area (Å²) in [4.78, 5) is 0. The maximum Gasteiger partial charge on any atom is 0.138 e. The van der Waals surface area contributed by atoms with Crippen LogP contribution in [0, 0.1) is 46.6 Å². The van der Waals surface area contributed by atoms with Crippen molar-refractivity contribution >= 4 is 16.1 Å². The van der Waals surface area contributed by atoms with Crippen molar-refractivity contribution in [3.63, 3.8) is 0 Å². The molecule has 0 spiro atoms. The van der Waals surface area contributed by atoms with Gasteiger partial charge in [0.05, 0.1) is 0 Å². The van der Waals surface area contributed by atoms with Crippen molar-refractivity contribution in [2.75, 3.05) is 0 Å². The topological polar surface area (TPSA) is 0 Å². The third kappa shape index (κ3) is 11.9. The van der Waals surface area contributed by atoms with E-state index < -0.39 is 16.1 Å². The summed E-state index contributed by atoms with van der Waals surface area (Å²) in [6.07, 6.45) is 0. The van der Waals surface area contributed by atoms with E-state index in [4.69, 9.17) is 0 Å². The molecular formula is C26H54Si2. The summed E-state index contributed by atoms with van der Waals surface area (Å²) in [6.45, 7) is 29.1. The van der Waals surface area contributed by atoms with Gasteiger partial charge < -0.3 is 0 Å². The molecule has 0 unspecified atom stereocenters. The average molecular weight is 423 g/mol. The van der Waals surface area contributed by atoms with E-state index >= 15 is 0 Å². The second-order valence-corrected chi connectivity index (χ2v) is 20.5. The monoisotopic (exact) mass is 422 g/mol. The molecule has 0 aliphatic rings. The van der Waals surface area contributed by atoms with Crippen LogP contribution in [-0.2, 0) is 0 Å². The molecule has 0 atom stereocenters. The molecule has 0 saturated carbocycles. The molecule has 0 aromatic rings. The van der Waals surface area contributed by atoms with Gasteiger partial charge in [0.25, 0.3) is 0 Å². The number of hydrogen-bond acceptors (Lipinski definition) is 0. The fraction of sp³-hybridized carbons (Fsp3) is 0.923. The lowest BCUT2D eigenvalue weighted by atomic mass is 10.2. The van der Waals surface area contributed by atoms with Gasteiger partial charge in [-0.25, -0.2) is 0 Å².